The molecule has 0 radical (unpaired) electrons. The van der Waals surface area contributed by atoms with Gasteiger partial charge in [0.25, 0.3) is 0 Å². The topological polar surface area (TPSA) is 56.1 Å². The molecule has 1 aromatic carbocycles. The molecule has 8 heteroatoms. The summed E-state index contributed by atoms with van der Waals surface area (Å²) in [5, 5.41) is 2.69. The second-order valence-corrected chi connectivity index (χ2v) is 7.43. The summed E-state index contributed by atoms with van der Waals surface area (Å²) >= 11 is 0. The molecule has 0 aliphatic rings. The van der Waals surface area contributed by atoms with E-state index < -0.39 is 24.3 Å². The van der Waals surface area contributed by atoms with Crippen LogP contribution in [0.15, 0.2) is 18.2 Å². The Balaban J connectivity index is 2.10. The summed E-state index contributed by atoms with van der Waals surface area (Å²) in [5.74, 6) is 0.754. The Bertz CT molecular complexity index is 792. The van der Waals surface area contributed by atoms with Crippen molar-refractivity contribution in [3.8, 4) is 0 Å². The normalized spacial score (nSPS) is 12.4. The van der Waals surface area contributed by atoms with Crippen LogP contribution in [0.25, 0.3) is 11.0 Å². The zero-order chi connectivity index (χ0) is 20.2. The number of amides is 1. The summed E-state index contributed by atoms with van der Waals surface area (Å²) in [5.41, 5.74) is 1.78. The van der Waals surface area contributed by atoms with E-state index in [2.05, 4.69) is 10.3 Å². The van der Waals surface area contributed by atoms with Gasteiger partial charge in [0.1, 0.15) is 11.4 Å². The number of carbonyl (C=O) groups excluding carboxylic acids is 1. The monoisotopic (exact) mass is 385 g/mol. The fraction of sp³-hybridized carbons (Fsp3) is 0.579. The van der Waals surface area contributed by atoms with Crippen LogP contribution >= 0.6 is 0 Å². The number of carbonyl (C=O) groups is 1. The van der Waals surface area contributed by atoms with Crippen molar-refractivity contribution in [3.63, 3.8) is 0 Å². The van der Waals surface area contributed by atoms with Gasteiger partial charge in [-0.05, 0) is 44.9 Å². The lowest BCUT2D eigenvalue weighted by Crippen LogP contribution is -2.32. The highest BCUT2D eigenvalue weighted by atomic mass is 19.4. The molecule has 0 bridgehead atoms. The van der Waals surface area contributed by atoms with Gasteiger partial charge in [0.05, 0.1) is 11.0 Å². The molecule has 1 heterocycles. The van der Waals surface area contributed by atoms with Crippen molar-refractivity contribution in [3.05, 3.63) is 29.6 Å². The number of aromatic nitrogens is 2. The molecule has 27 heavy (non-hydrogen) atoms. The summed E-state index contributed by atoms with van der Waals surface area (Å²) in [7, 11) is 0. The second kappa shape index (κ2) is 8.19. The summed E-state index contributed by atoms with van der Waals surface area (Å²) in [6, 6.07) is 5.51. The molecule has 0 aliphatic heterocycles. The minimum Gasteiger partial charge on any atom is -0.444 e. The molecule has 5 nitrogen and oxygen atoms in total. The molecule has 2 aromatic rings. The van der Waals surface area contributed by atoms with E-state index in [0.29, 0.717) is 11.9 Å². The van der Waals surface area contributed by atoms with E-state index in [1.165, 1.54) is 0 Å². The van der Waals surface area contributed by atoms with E-state index in [4.69, 9.17) is 4.74 Å². The maximum atomic E-state index is 12.4. The first kappa shape index (κ1) is 21.1. The van der Waals surface area contributed by atoms with E-state index in [-0.39, 0.29) is 19.5 Å². The highest BCUT2D eigenvalue weighted by molar-refractivity contribution is 5.77. The van der Waals surface area contributed by atoms with E-state index in [9.17, 15) is 18.0 Å². The third-order valence-electron chi connectivity index (χ3n) is 3.89. The lowest BCUT2D eigenvalue weighted by molar-refractivity contribution is -0.135. The molecule has 1 N–H and O–H groups in total. The largest absolute Gasteiger partial charge is 0.444 e. The van der Waals surface area contributed by atoms with Crippen LogP contribution in [0.1, 0.15) is 51.9 Å². The third kappa shape index (κ3) is 6.45. The number of halogens is 3. The van der Waals surface area contributed by atoms with Crippen LogP contribution in [0, 0.1) is 0 Å². The van der Waals surface area contributed by atoms with Crippen LogP contribution in [0.3, 0.4) is 0 Å². The molecule has 150 valence electrons. The summed E-state index contributed by atoms with van der Waals surface area (Å²) in [4.78, 5) is 16.3. The van der Waals surface area contributed by atoms with Crippen LogP contribution in [0.2, 0.25) is 0 Å². The molecule has 0 atom stereocenters. The fourth-order valence-electron chi connectivity index (χ4n) is 2.78. The van der Waals surface area contributed by atoms with Crippen LogP contribution < -0.4 is 5.32 Å². The highest BCUT2D eigenvalue weighted by Crippen LogP contribution is 2.24. The first-order chi connectivity index (χ1) is 12.5. The van der Waals surface area contributed by atoms with E-state index in [0.717, 1.165) is 16.9 Å². The molecule has 2 rings (SSSR count). The Labute approximate surface area is 156 Å². The third-order valence-corrected chi connectivity index (χ3v) is 3.89. The number of ether oxygens (including phenoxy) is 1. The minimum atomic E-state index is -4.15. The number of imidazole rings is 1. The average molecular weight is 385 g/mol. The number of alkyl halides is 3. The van der Waals surface area contributed by atoms with Gasteiger partial charge in [-0.15, -0.1) is 0 Å². The average Bonchev–Trinajstić information content (AvgIpc) is 2.87. The van der Waals surface area contributed by atoms with Crippen molar-refractivity contribution in [2.75, 3.05) is 0 Å². The van der Waals surface area contributed by atoms with Gasteiger partial charge in [0, 0.05) is 25.9 Å². The minimum absolute atomic E-state index is 0.0178. The Morgan fingerprint density at radius 3 is 2.56 bits per heavy atom. The highest BCUT2D eigenvalue weighted by Gasteiger charge is 2.26. The number of aryl methyl sites for hydroxylation is 2. The van der Waals surface area contributed by atoms with E-state index in [1.807, 2.05) is 29.7 Å². The van der Waals surface area contributed by atoms with E-state index in [1.54, 1.807) is 20.8 Å². The Morgan fingerprint density at radius 1 is 1.26 bits per heavy atom. The van der Waals surface area contributed by atoms with Gasteiger partial charge in [-0.2, -0.15) is 13.2 Å². The van der Waals surface area contributed by atoms with Gasteiger partial charge in [-0.3, -0.25) is 0 Å². The van der Waals surface area contributed by atoms with E-state index >= 15 is 0 Å². The number of fused-ring (bicyclic) bond motifs is 1. The molecular formula is C19H26F3N3O2. The van der Waals surface area contributed by atoms with Gasteiger partial charge < -0.3 is 14.6 Å². The quantitative estimate of drug-likeness (QED) is 0.764. The smallest absolute Gasteiger partial charge is 0.407 e. The molecule has 1 amide bonds. The summed E-state index contributed by atoms with van der Waals surface area (Å²) in [6.07, 6.45) is -4.82. The maximum Gasteiger partial charge on any atom is 0.407 e. The molecule has 0 saturated carbocycles. The molecule has 0 unspecified atom stereocenters. The van der Waals surface area contributed by atoms with Crippen molar-refractivity contribution >= 4 is 17.1 Å². The number of hydrogen-bond acceptors (Lipinski definition) is 3. The lowest BCUT2D eigenvalue weighted by Gasteiger charge is -2.19. The zero-order valence-electron chi connectivity index (χ0n) is 16.1. The number of benzene rings is 1. The SMILES string of the molecule is CCc1nc2cc(CNC(=O)OC(C)(C)C)ccc2n1CCCC(F)(F)F. The molecular weight excluding hydrogens is 359 g/mol. The second-order valence-electron chi connectivity index (χ2n) is 7.43. The van der Waals surface area contributed by atoms with Crippen molar-refractivity contribution in [2.45, 2.75) is 71.8 Å². The van der Waals surface area contributed by atoms with Gasteiger partial charge in [-0.1, -0.05) is 13.0 Å². The van der Waals surface area contributed by atoms with Crippen molar-refractivity contribution < 1.29 is 22.7 Å². The molecule has 0 saturated heterocycles. The molecule has 0 fully saturated rings. The number of nitrogens with one attached hydrogen (secondary N) is 1. The van der Waals surface area contributed by atoms with Crippen LogP contribution in [0.5, 0.6) is 0 Å². The fourth-order valence-corrected chi connectivity index (χ4v) is 2.78. The van der Waals surface area contributed by atoms with Gasteiger partial charge in [-0.25, -0.2) is 9.78 Å². The number of rotatable bonds is 6. The number of hydrogen-bond donors (Lipinski definition) is 1. The number of alkyl carbamates (subject to hydrolysis) is 1. The van der Waals surface area contributed by atoms with Crippen LogP contribution in [-0.4, -0.2) is 27.4 Å². The van der Waals surface area contributed by atoms with Crippen molar-refractivity contribution in [2.24, 2.45) is 0 Å². The van der Waals surface area contributed by atoms with Crippen molar-refractivity contribution in [1.29, 1.82) is 0 Å². The standard InChI is InChI=1S/C19H26F3N3O2/c1-5-16-24-14-11-13(12-23-17(26)27-18(2,3)4)7-8-15(14)25(16)10-6-9-19(20,21)22/h7-8,11H,5-6,9-10,12H2,1-4H3,(H,23,26). The first-order valence-electron chi connectivity index (χ1n) is 9.00. The predicted octanol–water partition coefficient (Wildman–Crippen LogP) is 4.97. The molecule has 0 spiro atoms. The molecule has 1 aromatic heterocycles. The Morgan fingerprint density at radius 2 is 1.96 bits per heavy atom. The summed E-state index contributed by atoms with van der Waals surface area (Å²) < 4.78 is 44.3. The van der Waals surface area contributed by atoms with Crippen LogP contribution in [0.4, 0.5) is 18.0 Å². The van der Waals surface area contributed by atoms with Gasteiger partial charge in [0.15, 0.2) is 0 Å². The predicted molar refractivity (Wildman–Crippen MR) is 97.5 cm³/mol. The zero-order valence-corrected chi connectivity index (χ0v) is 16.1. The molecule has 0 aliphatic carbocycles. The van der Waals surface area contributed by atoms with Crippen molar-refractivity contribution in [1.82, 2.24) is 14.9 Å². The first-order valence-corrected chi connectivity index (χ1v) is 9.00. The van der Waals surface area contributed by atoms with Gasteiger partial charge >= 0.3 is 12.3 Å². The van der Waals surface area contributed by atoms with Crippen LogP contribution in [-0.2, 0) is 24.2 Å². The maximum absolute atomic E-state index is 12.4. The number of nitrogens with zero attached hydrogens (tertiary/aromatic N) is 2. The van der Waals surface area contributed by atoms with Gasteiger partial charge in [0.2, 0.25) is 0 Å². The lowest BCUT2D eigenvalue weighted by atomic mass is 10.2. The Kier molecular flexibility index (Phi) is 6.38. The summed E-state index contributed by atoms with van der Waals surface area (Å²) in [6.45, 7) is 7.84. The Hall–Kier alpha value is -2.25.